The molecular formula is C22H23N3O5. The molecule has 2 heterocycles. The van der Waals surface area contributed by atoms with Gasteiger partial charge in [-0.05, 0) is 44.2 Å². The number of para-hydroxylation sites is 2. The molecule has 8 nitrogen and oxygen atoms in total. The zero-order valence-corrected chi connectivity index (χ0v) is 16.8. The molecule has 3 amide bonds. The van der Waals surface area contributed by atoms with E-state index in [0.29, 0.717) is 35.2 Å². The molecule has 1 saturated heterocycles. The van der Waals surface area contributed by atoms with Crippen molar-refractivity contribution >= 4 is 34.8 Å². The zero-order valence-electron chi connectivity index (χ0n) is 16.8. The van der Waals surface area contributed by atoms with E-state index in [1.807, 2.05) is 31.2 Å². The van der Waals surface area contributed by atoms with Crippen LogP contribution in [0.4, 0.5) is 17.1 Å². The zero-order chi connectivity index (χ0) is 21.3. The summed E-state index contributed by atoms with van der Waals surface area (Å²) in [5, 5.41) is 5.59. The molecule has 1 fully saturated rings. The normalized spacial score (nSPS) is 20.3. The van der Waals surface area contributed by atoms with Gasteiger partial charge in [0.05, 0.1) is 23.9 Å². The first-order valence-corrected chi connectivity index (χ1v) is 9.91. The first-order valence-electron chi connectivity index (χ1n) is 9.91. The molecule has 2 atom stereocenters. The summed E-state index contributed by atoms with van der Waals surface area (Å²) in [6.07, 6.45) is -0.442. The lowest BCUT2D eigenvalue weighted by molar-refractivity contribution is -0.122. The fraction of sp³-hybridized carbons (Fsp3) is 0.318. The Kier molecular flexibility index (Phi) is 5.31. The van der Waals surface area contributed by atoms with Crippen molar-refractivity contribution in [3.05, 3.63) is 42.5 Å². The van der Waals surface area contributed by atoms with Crippen LogP contribution in [0.25, 0.3) is 0 Å². The second kappa shape index (κ2) is 8.06. The Morgan fingerprint density at radius 3 is 2.87 bits per heavy atom. The molecule has 4 rings (SSSR count). The van der Waals surface area contributed by atoms with Crippen LogP contribution in [0.5, 0.6) is 11.5 Å². The largest absolute Gasteiger partial charge is 0.492 e. The van der Waals surface area contributed by atoms with E-state index < -0.39 is 12.0 Å². The number of ether oxygens (including phenoxy) is 2. The first-order chi connectivity index (χ1) is 14.5. The van der Waals surface area contributed by atoms with Gasteiger partial charge in [-0.2, -0.15) is 0 Å². The molecule has 8 heteroatoms. The first kappa shape index (κ1) is 19.8. The van der Waals surface area contributed by atoms with Crippen molar-refractivity contribution in [2.24, 2.45) is 5.92 Å². The minimum atomic E-state index is -0.562. The SMILES string of the molecule is CCOc1ccccc1N1C[C@@H](C(=O)Nc2ccc3c(c2)NC(=O)[C@@H](C)O3)CC1=O. The molecular weight excluding hydrogens is 386 g/mol. The van der Waals surface area contributed by atoms with Crippen molar-refractivity contribution in [1.82, 2.24) is 0 Å². The molecule has 0 aromatic heterocycles. The highest BCUT2D eigenvalue weighted by Gasteiger charge is 2.36. The number of benzene rings is 2. The van der Waals surface area contributed by atoms with Crippen LogP contribution < -0.4 is 25.0 Å². The van der Waals surface area contributed by atoms with Gasteiger partial charge in [0.1, 0.15) is 11.5 Å². The average molecular weight is 409 g/mol. The van der Waals surface area contributed by atoms with Gasteiger partial charge in [-0.1, -0.05) is 12.1 Å². The maximum Gasteiger partial charge on any atom is 0.265 e. The Morgan fingerprint density at radius 1 is 1.27 bits per heavy atom. The van der Waals surface area contributed by atoms with E-state index in [1.54, 1.807) is 30.0 Å². The minimum absolute atomic E-state index is 0.120. The fourth-order valence-electron chi connectivity index (χ4n) is 3.60. The number of anilines is 3. The minimum Gasteiger partial charge on any atom is -0.492 e. The van der Waals surface area contributed by atoms with Gasteiger partial charge in [-0.15, -0.1) is 0 Å². The molecule has 2 N–H and O–H groups in total. The maximum atomic E-state index is 12.8. The molecule has 30 heavy (non-hydrogen) atoms. The molecule has 2 aliphatic rings. The number of nitrogens with zero attached hydrogens (tertiary/aromatic N) is 1. The van der Waals surface area contributed by atoms with Gasteiger partial charge in [0.15, 0.2) is 6.10 Å². The predicted octanol–water partition coefficient (Wildman–Crippen LogP) is 2.80. The fourth-order valence-corrected chi connectivity index (χ4v) is 3.60. The topological polar surface area (TPSA) is 97.0 Å². The second-order valence-corrected chi connectivity index (χ2v) is 7.26. The van der Waals surface area contributed by atoms with E-state index in [-0.39, 0.29) is 30.7 Å². The quantitative estimate of drug-likeness (QED) is 0.792. The molecule has 0 saturated carbocycles. The van der Waals surface area contributed by atoms with Crippen LogP contribution in [-0.2, 0) is 14.4 Å². The highest BCUT2D eigenvalue weighted by Crippen LogP contribution is 2.35. The molecule has 2 aliphatic heterocycles. The van der Waals surface area contributed by atoms with Crippen LogP contribution in [0.1, 0.15) is 20.3 Å². The van der Waals surface area contributed by atoms with Gasteiger partial charge in [0.2, 0.25) is 11.8 Å². The predicted molar refractivity (Wildman–Crippen MR) is 112 cm³/mol. The monoisotopic (exact) mass is 409 g/mol. The molecule has 0 radical (unpaired) electrons. The highest BCUT2D eigenvalue weighted by atomic mass is 16.5. The molecule has 0 unspecified atom stereocenters. The lowest BCUT2D eigenvalue weighted by Gasteiger charge is -2.24. The lowest BCUT2D eigenvalue weighted by Crippen LogP contribution is -2.34. The summed E-state index contributed by atoms with van der Waals surface area (Å²) >= 11 is 0. The van der Waals surface area contributed by atoms with Gasteiger partial charge >= 0.3 is 0 Å². The van der Waals surface area contributed by atoms with Crippen molar-refractivity contribution in [3.8, 4) is 11.5 Å². The van der Waals surface area contributed by atoms with Crippen molar-refractivity contribution in [1.29, 1.82) is 0 Å². The van der Waals surface area contributed by atoms with Crippen molar-refractivity contribution in [2.45, 2.75) is 26.4 Å². The summed E-state index contributed by atoms with van der Waals surface area (Å²) in [5.74, 6) is 0.0625. The van der Waals surface area contributed by atoms with Crippen molar-refractivity contribution in [3.63, 3.8) is 0 Å². The Hall–Kier alpha value is -3.55. The van der Waals surface area contributed by atoms with Gasteiger partial charge in [0, 0.05) is 18.7 Å². The Balaban J connectivity index is 1.46. The Bertz CT molecular complexity index is 1010. The molecule has 2 aromatic carbocycles. The summed E-state index contributed by atoms with van der Waals surface area (Å²) < 4.78 is 11.1. The van der Waals surface area contributed by atoms with Gasteiger partial charge in [-0.25, -0.2) is 0 Å². The van der Waals surface area contributed by atoms with Gasteiger partial charge < -0.3 is 25.0 Å². The second-order valence-electron chi connectivity index (χ2n) is 7.26. The van der Waals surface area contributed by atoms with Gasteiger partial charge in [0.25, 0.3) is 5.91 Å². The van der Waals surface area contributed by atoms with Crippen LogP contribution in [0.2, 0.25) is 0 Å². The van der Waals surface area contributed by atoms with E-state index in [9.17, 15) is 14.4 Å². The number of carbonyl (C=O) groups excluding carboxylic acids is 3. The van der Waals surface area contributed by atoms with E-state index in [4.69, 9.17) is 9.47 Å². The highest BCUT2D eigenvalue weighted by molar-refractivity contribution is 6.05. The van der Waals surface area contributed by atoms with E-state index in [2.05, 4.69) is 10.6 Å². The summed E-state index contributed by atoms with van der Waals surface area (Å²) in [4.78, 5) is 38.8. The standard InChI is InChI=1S/C22H23N3O5/c1-3-29-19-7-5-4-6-17(19)25-12-14(10-20(25)26)22(28)23-15-8-9-18-16(11-15)24-21(27)13(2)30-18/h4-9,11,13-14H,3,10,12H2,1-2H3,(H,23,28)(H,24,27)/t13-,14+/m1/s1. The molecule has 0 spiro atoms. The van der Waals surface area contributed by atoms with Crippen LogP contribution >= 0.6 is 0 Å². The summed E-state index contributed by atoms with van der Waals surface area (Å²) in [7, 11) is 0. The maximum absolute atomic E-state index is 12.8. The Morgan fingerprint density at radius 2 is 2.07 bits per heavy atom. The smallest absolute Gasteiger partial charge is 0.265 e. The number of hydrogen-bond donors (Lipinski definition) is 2. The third-order valence-corrected chi connectivity index (χ3v) is 5.13. The number of rotatable bonds is 5. The van der Waals surface area contributed by atoms with Crippen molar-refractivity contribution < 1.29 is 23.9 Å². The number of amides is 3. The average Bonchev–Trinajstić information content (AvgIpc) is 3.11. The Labute approximate surface area is 174 Å². The molecule has 156 valence electrons. The number of hydrogen-bond acceptors (Lipinski definition) is 5. The number of nitrogens with one attached hydrogen (secondary N) is 2. The van der Waals surface area contributed by atoms with Crippen LogP contribution in [0, 0.1) is 5.92 Å². The van der Waals surface area contributed by atoms with Crippen molar-refractivity contribution in [2.75, 3.05) is 28.7 Å². The molecule has 0 bridgehead atoms. The van der Waals surface area contributed by atoms with E-state index in [1.165, 1.54) is 0 Å². The van der Waals surface area contributed by atoms with Crippen LogP contribution in [0.15, 0.2) is 42.5 Å². The van der Waals surface area contributed by atoms with E-state index in [0.717, 1.165) is 0 Å². The summed E-state index contributed by atoms with van der Waals surface area (Å²) in [6.45, 7) is 4.31. The number of carbonyl (C=O) groups is 3. The van der Waals surface area contributed by atoms with Gasteiger partial charge in [-0.3, -0.25) is 14.4 Å². The van der Waals surface area contributed by atoms with Crippen LogP contribution in [-0.4, -0.2) is 37.0 Å². The third kappa shape index (κ3) is 3.80. The number of fused-ring (bicyclic) bond motifs is 1. The summed E-state index contributed by atoms with van der Waals surface area (Å²) in [6, 6.07) is 12.4. The summed E-state index contributed by atoms with van der Waals surface area (Å²) in [5.41, 5.74) is 1.70. The lowest BCUT2D eigenvalue weighted by atomic mass is 10.1. The van der Waals surface area contributed by atoms with E-state index >= 15 is 0 Å². The van der Waals surface area contributed by atoms with Crippen LogP contribution in [0.3, 0.4) is 0 Å². The molecule has 0 aliphatic carbocycles. The molecule has 2 aromatic rings. The third-order valence-electron chi connectivity index (χ3n) is 5.13.